The van der Waals surface area contributed by atoms with Crippen molar-refractivity contribution in [3.05, 3.63) is 0 Å². The van der Waals surface area contributed by atoms with E-state index >= 15 is 0 Å². The quantitative estimate of drug-likeness (QED) is 0.778. The smallest absolute Gasteiger partial charge is 0.224 e. The molecular formula is C13H27N3O. The van der Waals surface area contributed by atoms with Crippen molar-refractivity contribution in [3.8, 4) is 0 Å². The molecule has 1 rings (SSSR count). The van der Waals surface area contributed by atoms with Crippen LogP contribution in [0, 0.1) is 5.92 Å². The summed E-state index contributed by atoms with van der Waals surface area (Å²) in [5.74, 6) is 0.601. The summed E-state index contributed by atoms with van der Waals surface area (Å²) in [7, 11) is 4.11. The molecule has 0 aliphatic carbocycles. The van der Waals surface area contributed by atoms with E-state index in [1.54, 1.807) is 0 Å². The van der Waals surface area contributed by atoms with Crippen LogP contribution in [-0.2, 0) is 4.79 Å². The second kappa shape index (κ2) is 6.36. The minimum Gasteiger partial charge on any atom is -0.338 e. The predicted octanol–water partition coefficient (Wildman–Crippen LogP) is 0.912. The van der Waals surface area contributed by atoms with Crippen LogP contribution in [-0.4, -0.2) is 55.0 Å². The summed E-state index contributed by atoms with van der Waals surface area (Å²) in [4.78, 5) is 16.4. The molecule has 1 fully saturated rings. The Hall–Kier alpha value is -0.610. The Morgan fingerprint density at radius 3 is 2.65 bits per heavy atom. The van der Waals surface area contributed by atoms with Gasteiger partial charge < -0.3 is 15.5 Å². The number of carbonyl (C=O) groups is 1. The van der Waals surface area contributed by atoms with Gasteiger partial charge in [-0.25, -0.2) is 0 Å². The standard InChI is InChI=1S/C13H27N3O/c1-10(2)12(14)8-13(17)16-7-5-6-11(16)9-15(3)4/h10-12H,5-9,14H2,1-4H3. The number of likely N-dealkylation sites (N-methyl/N-ethyl adjacent to an activating group) is 1. The van der Waals surface area contributed by atoms with Gasteiger partial charge in [0.05, 0.1) is 0 Å². The molecule has 2 atom stereocenters. The van der Waals surface area contributed by atoms with Crippen LogP contribution in [0.25, 0.3) is 0 Å². The largest absolute Gasteiger partial charge is 0.338 e. The number of hydrogen-bond donors (Lipinski definition) is 1. The lowest BCUT2D eigenvalue weighted by atomic mass is 10.0. The van der Waals surface area contributed by atoms with Crippen molar-refractivity contribution in [2.45, 2.75) is 45.2 Å². The van der Waals surface area contributed by atoms with Crippen molar-refractivity contribution in [2.24, 2.45) is 11.7 Å². The lowest BCUT2D eigenvalue weighted by Gasteiger charge is -2.28. The fourth-order valence-corrected chi connectivity index (χ4v) is 2.33. The predicted molar refractivity (Wildman–Crippen MR) is 70.7 cm³/mol. The maximum atomic E-state index is 12.2. The van der Waals surface area contributed by atoms with E-state index < -0.39 is 0 Å². The first-order chi connectivity index (χ1) is 7.91. The first kappa shape index (κ1) is 14.5. The van der Waals surface area contributed by atoms with Crippen LogP contribution >= 0.6 is 0 Å². The van der Waals surface area contributed by atoms with E-state index in [4.69, 9.17) is 5.73 Å². The third-order valence-electron chi connectivity index (χ3n) is 3.54. The minimum atomic E-state index is -0.0110. The fourth-order valence-electron chi connectivity index (χ4n) is 2.33. The van der Waals surface area contributed by atoms with E-state index in [1.165, 1.54) is 0 Å². The molecule has 4 nitrogen and oxygen atoms in total. The molecular weight excluding hydrogens is 214 g/mol. The zero-order chi connectivity index (χ0) is 13.0. The molecule has 0 aromatic carbocycles. The molecule has 0 aromatic heterocycles. The second-order valence-electron chi connectivity index (χ2n) is 5.76. The molecule has 0 bridgehead atoms. The molecule has 0 saturated carbocycles. The fraction of sp³-hybridized carbons (Fsp3) is 0.923. The average molecular weight is 241 g/mol. The van der Waals surface area contributed by atoms with Gasteiger partial charge in [0.25, 0.3) is 0 Å². The average Bonchev–Trinajstić information content (AvgIpc) is 2.64. The van der Waals surface area contributed by atoms with Crippen LogP contribution in [0.5, 0.6) is 0 Å². The number of nitrogens with zero attached hydrogens (tertiary/aromatic N) is 2. The van der Waals surface area contributed by atoms with Gasteiger partial charge in [-0.15, -0.1) is 0 Å². The number of carbonyl (C=O) groups excluding carboxylic acids is 1. The normalized spacial score (nSPS) is 22.5. The third kappa shape index (κ3) is 4.28. The Labute approximate surface area is 105 Å². The molecule has 0 aromatic rings. The highest BCUT2D eigenvalue weighted by atomic mass is 16.2. The SMILES string of the molecule is CC(C)C(N)CC(=O)N1CCCC1CN(C)C. The summed E-state index contributed by atoms with van der Waals surface area (Å²) in [5, 5.41) is 0. The Morgan fingerprint density at radius 1 is 1.47 bits per heavy atom. The van der Waals surface area contributed by atoms with Crippen molar-refractivity contribution in [3.63, 3.8) is 0 Å². The Balaban J connectivity index is 2.50. The van der Waals surface area contributed by atoms with E-state index in [0.29, 0.717) is 18.4 Å². The summed E-state index contributed by atoms with van der Waals surface area (Å²) in [6.45, 7) is 6.00. The van der Waals surface area contributed by atoms with Gasteiger partial charge in [-0.1, -0.05) is 13.8 Å². The van der Waals surface area contributed by atoms with Crippen molar-refractivity contribution in [1.29, 1.82) is 0 Å². The lowest BCUT2D eigenvalue weighted by molar-refractivity contribution is -0.132. The molecule has 2 unspecified atom stereocenters. The molecule has 0 spiro atoms. The second-order valence-corrected chi connectivity index (χ2v) is 5.76. The van der Waals surface area contributed by atoms with E-state index in [9.17, 15) is 4.79 Å². The number of hydrogen-bond acceptors (Lipinski definition) is 3. The van der Waals surface area contributed by atoms with Gasteiger partial charge in [0, 0.05) is 31.6 Å². The molecule has 1 amide bonds. The topological polar surface area (TPSA) is 49.6 Å². The highest BCUT2D eigenvalue weighted by molar-refractivity contribution is 5.77. The molecule has 2 N–H and O–H groups in total. The van der Waals surface area contributed by atoms with Gasteiger partial charge in [0.2, 0.25) is 5.91 Å². The number of nitrogens with two attached hydrogens (primary N) is 1. The van der Waals surface area contributed by atoms with Crippen LogP contribution in [0.2, 0.25) is 0 Å². The Morgan fingerprint density at radius 2 is 2.12 bits per heavy atom. The number of amides is 1. The first-order valence-electron chi connectivity index (χ1n) is 6.61. The summed E-state index contributed by atoms with van der Waals surface area (Å²) in [6.07, 6.45) is 2.74. The molecule has 1 aliphatic rings. The zero-order valence-corrected chi connectivity index (χ0v) is 11.6. The molecule has 0 radical (unpaired) electrons. The summed E-state index contributed by atoms with van der Waals surface area (Å²) < 4.78 is 0. The molecule has 17 heavy (non-hydrogen) atoms. The van der Waals surface area contributed by atoms with Gasteiger partial charge in [0.15, 0.2) is 0 Å². The van der Waals surface area contributed by atoms with E-state index in [0.717, 1.165) is 25.9 Å². The van der Waals surface area contributed by atoms with Crippen molar-refractivity contribution in [1.82, 2.24) is 9.80 Å². The van der Waals surface area contributed by atoms with Crippen molar-refractivity contribution < 1.29 is 4.79 Å². The number of rotatable bonds is 5. The molecule has 100 valence electrons. The zero-order valence-electron chi connectivity index (χ0n) is 11.6. The summed E-state index contributed by atoms with van der Waals surface area (Å²) in [6, 6.07) is 0.375. The maximum Gasteiger partial charge on any atom is 0.224 e. The summed E-state index contributed by atoms with van der Waals surface area (Å²) in [5.41, 5.74) is 5.97. The van der Waals surface area contributed by atoms with Crippen LogP contribution in [0.15, 0.2) is 0 Å². The summed E-state index contributed by atoms with van der Waals surface area (Å²) >= 11 is 0. The third-order valence-corrected chi connectivity index (χ3v) is 3.54. The monoisotopic (exact) mass is 241 g/mol. The van der Waals surface area contributed by atoms with Gasteiger partial charge in [0.1, 0.15) is 0 Å². The van der Waals surface area contributed by atoms with E-state index in [1.807, 2.05) is 4.90 Å². The Bertz CT molecular complexity index is 253. The van der Waals surface area contributed by atoms with Gasteiger partial charge in [-0.05, 0) is 32.9 Å². The van der Waals surface area contributed by atoms with E-state index in [-0.39, 0.29) is 11.9 Å². The highest BCUT2D eigenvalue weighted by Gasteiger charge is 2.29. The van der Waals surface area contributed by atoms with Gasteiger partial charge in [-0.3, -0.25) is 4.79 Å². The maximum absolute atomic E-state index is 12.2. The lowest BCUT2D eigenvalue weighted by Crippen LogP contribution is -2.44. The number of likely N-dealkylation sites (tertiary alicyclic amines) is 1. The first-order valence-corrected chi connectivity index (χ1v) is 6.61. The minimum absolute atomic E-state index is 0.0110. The molecule has 4 heteroatoms. The van der Waals surface area contributed by atoms with Crippen molar-refractivity contribution >= 4 is 5.91 Å². The van der Waals surface area contributed by atoms with Crippen LogP contribution in [0.3, 0.4) is 0 Å². The van der Waals surface area contributed by atoms with Crippen LogP contribution < -0.4 is 5.73 Å². The molecule has 1 heterocycles. The van der Waals surface area contributed by atoms with E-state index in [2.05, 4.69) is 32.8 Å². The van der Waals surface area contributed by atoms with Crippen molar-refractivity contribution in [2.75, 3.05) is 27.2 Å². The molecule has 1 saturated heterocycles. The molecule has 1 aliphatic heterocycles. The van der Waals surface area contributed by atoms with Gasteiger partial charge in [-0.2, -0.15) is 0 Å². The highest BCUT2D eigenvalue weighted by Crippen LogP contribution is 2.19. The Kier molecular flexibility index (Phi) is 5.40. The van der Waals surface area contributed by atoms with Crippen LogP contribution in [0.1, 0.15) is 33.1 Å². The van der Waals surface area contributed by atoms with Gasteiger partial charge >= 0.3 is 0 Å². The van der Waals surface area contributed by atoms with Crippen LogP contribution in [0.4, 0.5) is 0 Å².